The highest BCUT2D eigenvalue weighted by atomic mass is 16.2. The second-order valence-electron chi connectivity index (χ2n) is 7.30. The normalized spacial score (nSPS) is 21.8. The van der Waals surface area contributed by atoms with Crippen LogP contribution < -0.4 is 0 Å². The minimum atomic E-state index is -0.0916. The molecule has 0 spiro atoms. The molecule has 27 heavy (non-hydrogen) atoms. The summed E-state index contributed by atoms with van der Waals surface area (Å²) in [7, 11) is 0. The van der Waals surface area contributed by atoms with Crippen molar-refractivity contribution in [3.8, 4) is 0 Å². The Morgan fingerprint density at radius 2 is 1.85 bits per heavy atom. The molecular formula is C20H23N5O2. The van der Waals surface area contributed by atoms with E-state index in [0.29, 0.717) is 31.1 Å². The number of hydrogen-bond donors (Lipinski definition) is 0. The van der Waals surface area contributed by atoms with E-state index >= 15 is 0 Å². The van der Waals surface area contributed by atoms with E-state index in [-0.39, 0.29) is 17.9 Å². The molecule has 2 bridgehead atoms. The minimum Gasteiger partial charge on any atom is -0.338 e. The van der Waals surface area contributed by atoms with E-state index in [4.69, 9.17) is 0 Å². The molecule has 2 amide bonds. The van der Waals surface area contributed by atoms with Crippen LogP contribution in [0.25, 0.3) is 0 Å². The van der Waals surface area contributed by atoms with Crippen molar-refractivity contribution in [2.45, 2.75) is 31.7 Å². The Hall–Kier alpha value is -2.83. The first-order chi connectivity index (χ1) is 13.2. The van der Waals surface area contributed by atoms with Crippen LogP contribution in [-0.2, 0) is 11.2 Å². The van der Waals surface area contributed by atoms with Gasteiger partial charge in [0.25, 0.3) is 5.91 Å². The van der Waals surface area contributed by atoms with Crippen molar-refractivity contribution in [3.05, 3.63) is 54.4 Å². The number of amides is 2. The van der Waals surface area contributed by atoms with E-state index in [0.717, 1.165) is 31.4 Å². The number of nitrogens with zero attached hydrogens (tertiary/aromatic N) is 5. The van der Waals surface area contributed by atoms with Gasteiger partial charge in [-0.1, -0.05) is 0 Å². The molecule has 0 saturated carbocycles. The first-order valence-corrected chi connectivity index (χ1v) is 9.44. The highest BCUT2D eigenvalue weighted by Gasteiger charge is 2.38. The molecular weight excluding hydrogens is 342 g/mol. The smallest absolute Gasteiger partial charge is 0.274 e. The number of aryl methyl sites for hydroxylation is 1. The number of aromatic nitrogens is 3. The maximum absolute atomic E-state index is 12.8. The topological polar surface area (TPSA) is 79.3 Å². The Kier molecular flexibility index (Phi) is 5.09. The number of carbonyl (C=O) groups excluding carboxylic acids is 2. The second kappa shape index (κ2) is 7.82. The third kappa shape index (κ3) is 3.97. The van der Waals surface area contributed by atoms with Crippen molar-refractivity contribution in [2.24, 2.45) is 5.92 Å². The molecule has 2 aromatic heterocycles. The SMILES string of the molecule is O=C(c1cnccn1)N1CC2CCC(C1)N(C(=O)CCc1ccncc1)C2. The van der Waals surface area contributed by atoms with Crippen molar-refractivity contribution < 1.29 is 9.59 Å². The molecule has 140 valence electrons. The molecule has 2 unspecified atom stereocenters. The first-order valence-electron chi connectivity index (χ1n) is 9.44. The maximum Gasteiger partial charge on any atom is 0.274 e. The van der Waals surface area contributed by atoms with Crippen LogP contribution in [0, 0.1) is 5.92 Å². The van der Waals surface area contributed by atoms with Gasteiger partial charge in [-0.2, -0.15) is 0 Å². The van der Waals surface area contributed by atoms with Crippen molar-refractivity contribution in [1.82, 2.24) is 24.8 Å². The minimum absolute atomic E-state index is 0.0916. The lowest BCUT2D eigenvalue weighted by Crippen LogP contribution is -2.47. The van der Waals surface area contributed by atoms with E-state index in [1.165, 1.54) is 12.4 Å². The van der Waals surface area contributed by atoms with Gasteiger partial charge in [-0.15, -0.1) is 0 Å². The van der Waals surface area contributed by atoms with Crippen LogP contribution in [0.2, 0.25) is 0 Å². The Balaban J connectivity index is 1.42. The zero-order valence-electron chi connectivity index (χ0n) is 15.2. The average Bonchev–Trinajstić information content (AvgIpc) is 3.05. The van der Waals surface area contributed by atoms with Crippen molar-refractivity contribution >= 4 is 11.8 Å². The first kappa shape index (κ1) is 17.6. The van der Waals surface area contributed by atoms with Crippen LogP contribution in [0.15, 0.2) is 43.1 Å². The molecule has 3 saturated heterocycles. The van der Waals surface area contributed by atoms with Gasteiger partial charge in [0.2, 0.25) is 5.91 Å². The summed E-state index contributed by atoms with van der Waals surface area (Å²) in [6.07, 6.45) is 11.3. The van der Waals surface area contributed by atoms with E-state index in [1.807, 2.05) is 21.9 Å². The van der Waals surface area contributed by atoms with Crippen LogP contribution in [0.4, 0.5) is 0 Å². The van der Waals surface area contributed by atoms with E-state index in [9.17, 15) is 9.59 Å². The lowest BCUT2D eigenvalue weighted by atomic mass is 9.94. The van der Waals surface area contributed by atoms with Gasteiger partial charge in [0.1, 0.15) is 5.69 Å². The van der Waals surface area contributed by atoms with Gasteiger partial charge in [0, 0.05) is 56.9 Å². The number of pyridine rings is 1. The standard InChI is InChI=1S/C20H23N5O2/c26-19(4-2-15-5-7-21-8-6-15)25-13-16-1-3-17(25)14-24(12-16)20(27)18-11-22-9-10-23-18/h5-11,16-17H,1-4,12-14H2. The lowest BCUT2D eigenvalue weighted by Gasteiger charge is -2.36. The highest BCUT2D eigenvalue weighted by molar-refractivity contribution is 5.92. The molecule has 3 aliphatic heterocycles. The van der Waals surface area contributed by atoms with Gasteiger partial charge in [0.05, 0.1) is 6.20 Å². The van der Waals surface area contributed by atoms with Gasteiger partial charge in [-0.05, 0) is 42.9 Å². The van der Waals surface area contributed by atoms with Crippen LogP contribution in [0.5, 0.6) is 0 Å². The molecule has 7 heteroatoms. The van der Waals surface area contributed by atoms with Gasteiger partial charge in [0.15, 0.2) is 0 Å². The number of fused-ring (bicyclic) bond motifs is 4. The summed E-state index contributed by atoms with van der Waals surface area (Å²) in [4.78, 5) is 41.6. The second-order valence-corrected chi connectivity index (χ2v) is 7.30. The number of carbonyl (C=O) groups is 2. The average molecular weight is 365 g/mol. The molecule has 0 N–H and O–H groups in total. The summed E-state index contributed by atoms with van der Waals surface area (Å²) in [5.41, 5.74) is 1.49. The zero-order chi connectivity index (χ0) is 18.6. The van der Waals surface area contributed by atoms with Gasteiger partial charge >= 0.3 is 0 Å². The molecule has 7 nitrogen and oxygen atoms in total. The van der Waals surface area contributed by atoms with Gasteiger partial charge in [-0.25, -0.2) is 4.98 Å². The fourth-order valence-corrected chi connectivity index (χ4v) is 4.07. The van der Waals surface area contributed by atoms with Crippen LogP contribution >= 0.6 is 0 Å². The monoisotopic (exact) mass is 365 g/mol. The van der Waals surface area contributed by atoms with Crippen molar-refractivity contribution in [1.29, 1.82) is 0 Å². The Morgan fingerprint density at radius 1 is 1.00 bits per heavy atom. The Bertz CT molecular complexity index is 799. The molecule has 0 aliphatic carbocycles. The molecule has 0 aromatic carbocycles. The number of rotatable bonds is 4. The summed E-state index contributed by atoms with van der Waals surface area (Å²) in [5.74, 6) is 0.413. The van der Waals surface area contributed by atoms with Crippen molar-refractivity contribution in [2.75, 3.05) is 19.6 Å². The summed E-state index contributed by atoms with van der Waals surface area (Å²) in [6.45, 7) is 2.00. The van der Waals surface area contributed by atoms with Crippen LogP contribution in [0.3, 0.4) is 0 Å². The number of hydrogen-bond acceptors (Lipinski definition) is 5. The zero-order valence-corrected chi connectivity index (χ0v) is 15.2. The molecule has 5 heterocycles. The molecule has 3 aliphatic rings. The highest BCUT2D eigenvalue weighted by Crippen LogP contribution is 2.29. The Labute approximate surface area is 158 Å². The van der Waals surface area contributed by atoms with E-state index in [1.54, 1.807) is 18.6 Å². The summed E-state index contributed by atoms with van der Waals surface area (Å²) in [6, 6.07) is 3.99. The third-order valence-electron chi connectivity index (χ3n) is 5.48. The van der Waals surface area contributed by atoms with E-state index < -0.39 is 0 Å². The predicted molar refractivity (Wildman–Crippen MR) is 98.7 cm³/mol. The van der Waals surface area contributed by atoms with Crippen LogP contribution in [-0.4, -0.2) is 62.2 Å². The molecule has 2 atom stereocenters. The summed E-state index contributed by atoms with van der Waals surface area (Å²) < 4.78 is 0. The largest absolute Gasteiger partial charge is 0.338 e. The Morgan fingerprint density at radius 3 is 2.63 bits per heavy atom. The fourth-order valence-electron chi connectivity index (χ4n) is 4.07. The molecule has 2 aromatic rings. The number of piperidine rings is 1. The molecule has 0 radical (unpaired) electrons. The quantitative estimate of drug-likeness (QED) is 0.822. The summed E-state index contributed by atoms with van der Waals surface area (Å²) in [5, 5.41) is 0. The van der Waals surface area contributed by atoms with Gasteiger partial charge < -0.3 is 9.80 Å². The summed E-state index contributed by atoms with van der Waals surface area (Å²) >= 11 is 0. The fraction of sp³-hybridized carbons (Fsp3) is 0.450. The van der Waals surface area contributed by atoms with Gasteiger partial charge in [-0.3, -0.25) is 19.6 Å². The van der Waals surface area contributed by atoms with Crippen LogP contribution in [0.1, 0.15) is 35.3 Å². The predicted octanol–water partition coefficient (Wildman–Crippen LogP) is 1.57. The van der Waals surface area contributed by atoms with Crippen molar-refractivity contribution in [3.63, 3.8) is 0 Å². The third-order valence-corrected chi connectivity index (χ3v) is 5.48. The molecule has 5 rings (SSSR count). The lowest BCUT2D eigenvalue weighted by molar-refractivity contribution is -0.135. The maximum atomic E-state index is 12.8. The van der Waals surface area contributed by atoms with E-state index in [2.05, 4.69) is 15.0 Å². The molecule has 3 fully saturated rings.